The SMILES string of the molecule is COC(=O)CCCNCc1ccc(C(=O)O)o1. The summed E-state index contributed by atoms with van der Waals surface area (Å²) in [6.07, 6.45) is 1.03. The third-order valence-electron chi connectivity index (χ3n) is 2.13. The number of hydrogen-bond donors (Lipinski definition) is 2. The molecule has 0 atom stereocenters. The lowest BCUT2D eigenvalue weighted by Gasteiger charge is -2.01. The van der Waals surface area contributed by atoms with E-state index in [1.165, 1.54) is 13.2 Å². The van der Waals surface area contributed by atoms with Crippen LogP contribution in [0.15, 0.2) is 16.5 Å². The summed E-state index contributed by atoms with van der Waals surface area (Å²) in [5.74, 6) is -0.836. The fourth-order valence-electron chi connectivity index (χ4n) is 1.26. The minimum atomic E-state index is -1.08. The molecule has 0 aromatic carbocycles. The number of carboxylic acid groups (broad SMARTS) is 1. The molecule has 0 radical (unpaired) electrons. The third-order valence-corrected chi connectivity index (χ3v) is 2.13. The number of carboxylic acids is 1. The maximum absolute atomic E-state index is 10.8. The number of carbonyl (C=O) groups is 2. The second kappa shape index (κ2) is 6.70. The van der Waals surface area contributed by atoms with Crippen molar-refractivity contribution < 1.29 is 23.8 Å². The molecule has 6 heteroatoms. The van der Waals surface area contributed by atoms with Gasteiger partial charge in [-0.2, -0.15) is 0 Å². The largest absolute Gasteiger partial charge is 0.475 e. The summed E-state index contributed by atoms with van der Waals surface area (Å²) in [6, 6.07) is 3.02. The van der Waals surface area contributed by atoms with Gasteiger partial charge in [-0.05, 0) is 25.1 Å². The zero-order chi connectivity index (χ0) is 12.7. The minimum Gasteiger partial charge on any atom is -0.475 e. The first-order valence-corrected chi connectivity index (χ1v) is 5.23. The number of carbonyl (C=O) groups excluding carboxylic acids is 1. The molecule has 0 saturated heterocycles. The van der Waals surface area contributed by atoms with Crippen molar-refractivity contribution in [2.45, 2.75) is 19.4 Å². The Morgan fingerprint density at radius 3 is 2.82 bits per heavy atom. The van der Waals surface area contributed by atoms with E-state index in [0.29, 0.717) is 31.7 Å². The predicted molar refractivity (Wildman–Crippen MR) is 58.6 cm³/mol. The van der Waals surface area contributed by atoms with Crippen molar-refractivity contribution >= 4 is 11.9 Å². The van der Waals surface area contributed by atoms with Gasteiger partial charge >= 0.3 is 11.9 Å². The molecule has 6 nitrogen and oxygen atoms in total. The molecule has 94 valence electrons. The van der Waals surface area contributed by atoms with Gasteiger partial charge in [0.25, 0.3) is 0 Å². The molecule has 1 rings (SSSR count). The molecule has 0 aliphatic carbocycles. The van der Waals surface area contributed by atoms with Crippen LogP contribution in [0.2, 0.25) is 0 Å². The van der Waals surface area contributed by atoms with Gasteiger partial charge in [0.1, 0.15) is 5.76 Å². The maximum Gasteiger partial charge on any atom is 0.371 e. The van der Waals surface area contributed by atoms with E-state index in [1.54, 1.807) is 6.07 Å². The van der Waals surface area contributed by atoms with Crippen LogP contribution in [0.5, 0.6) is 0 Å². The van der Waals surface area contributed by atoms with E-state index in [-0.39, 0.29) is 11.7 Å². The topological polar surface area (TPSA) is 88.8 Å². The van der Waals surface area contributed by atoms with Crippen LogP contribution in [0.1, 0.15) is 29.2 Å². The highest BCUT2D eigenvalue weighted by Crippen LogP contribution is 2.07. The molecule has 0 aliphatic heterocycles. The van der Waals surface area contributed by atoms with Crippen LogP contribution in [0, 0.1) is 0 Å². The number of rotatable bonds is 7. The summed E-state index contributed by atoms with van der Waals surface area (Å²) in [6.45, 7) is 1.08. The van der Waals surface area contributed by atoms with Gasteiger partial charge in [-0.3, -0.25) is 4.79 Å². The Balaban J connectivity index is 2.18. The zero-order valence-corrected chi connectivity index (χ0v) is 9.56. The van der Waals surface area contributed by atoms with Crippen LogP contribution in [0.25, 0.3) is 0 Å². The van der Waals surface area contributed by atoms with E-state index >= 15 is 0 Å². The number of nitrogens with one attached hydrogen (secondary N) is 1. The molecular weight excluding hydrogens is 226 g/mol. The molecule has 0 bridgehead atoms. The first kappa shape index (κ1) is 13.2. The molecule has 0 spiro atoms. The van der Waals surface area contributed by atoms with Crippen LogP contribution in [0.3, 0.4) is 0 Å². The molecule has 1 heterocycles. The van der Waals surface area contributed by atoms with Gasteiger partial charge < -0.3 is 19.6 Å². The Morgan fingerprint density at radius 2 is 2.24 bits per heavy atom. The average Bonchev–Trinajstić information content (AvgIpc) is 2.77. The predicted octanol–water partition coefficient (Wildman–Crippen LogP) is 1.02. The van der Waals surface area contributed by atoms with Crippen molar-refractivity contribution in [2.75, 3.05) is 13.7 Å². The highest BCUT2D eigenvalue weighted by molar-refractivity contribution is 5.84. The summed E-state index contributed by atoms with van der Waals surface area (Å²) in [5.41, 5.74) is 0. The number of hydrogen-bond acceptors (Lipinski definition) is 5. The van der Waals surface area contributed by atoms with Crippen molar-refractivity contribution in [3.05, 3.63) is 23.7 Å². The quantitative estimate of drug-likeness (QED) is 0.547. The van der Waals surface area contributed by atoms with Gasteiger partial charge in [-0.15, -0.1) is 0 Å². The summed E-state index contributed by atoms with van der Waals surface area (Å²) >= 11 is 0. The summed E-state index contributed by atoms with van der Waals surface area (Å²) in [4.78, 5) is 21.3. The Labute approximate surface area is 98.6 Å². The van der Waals surface area contributed by atoms with Crippen LogP contribution < -0.4 is 5.32 Å². The monoisotopic (exact) mass is 241 g/mol. The third kappa shape index (κ3) is 4.69. The summed E-state index contributed by atoms with van der Waals surface area (Å²) < 4.78 is 9.53. The van der Waals surface area contributed by atoms with Gasteiger partial charge in [0.05, 0.1) is 13.7 Å². The molecule has 1 aromatic heterocycles. The van der Waals surface area contributed by atoms with Crippen molar-refractivity contribution in [2.24, 2.45) is 0 Å². The molecule has 0 saturated carbocycles. The summed E-state index contributed by atoms with van der Waals surface area (Å²) in [7, 11) is 1.35. The molecule has 17 heavy (non-hydrogen) atoms. The van der Waals surface area contributed by atoms with E-state index < -0.39 is 5.97 Å². The van der Waals surface area contributed by atoms with Crippen LogP contribution >= 0.6 is 0 Å². The van der Waals surface area contributed by atoms with Crippen LogP contribution in [-0.4, -0.2) is 30.7 Å². The first-order chi connectivity index (χ1) is 8.13. The summed E-state index contributed by atoms with van der Waals surface area (Å²) in [5, 5.41) is 11.7. The number of furan rings is 1. The maximum atomic E-state index is 10.8. The molecule has 2 N–H and O–H groups in total. The van der Waals surface area contributed by atoms with Crippen molar-refractivity contribution in [1.29, 1.82) is 0 Å². The molecule has 0 aliphatic rings. The zero-order valence-electron chi connectivity index (χ0n) is 9.56. The molecular formula is C11H15NO5. The standard InChI is InChI=1S/C11H15NO5/c1-16-10(13)3-2-6-12-7-8-4-5-9(17-8)11(14)15/h4-5,12H,2-3,6-7H2,1H3,(H,14,15). The smallest absolute Gasteiger partial charge is 0.371 e. The lowest BCUT2D eigenvalue weighted by Crippen LogP contribution is -2.15. The van der Waals surface area contributed by atoms with E-state index in [4.69, 9.17) is 9.52 Å². The Kier molecular flexibility index (Phi) is 5.22. The molecule has 0 unspecified atom stereocenters. The fraction of sp³-hybridized carbons (Fsp3) is 0.455. The number of ether oxygens (including phenoxy) is 1. The number of methoxy groups -OCH3 is 1. The highest BCUT2D eigenvalue weighted by atomic mass is 16.5. The van der Waals surface area contributed by atoms with Gasteiger partial charge in [0.2, 0.25) is 5.76 Å². The lowest BCUT2D eigenvalue weighted by atomic mass is 10.3. The number of aromatic carboxylic acids is 1. The van der Waals surface area contributed by atoms with Crippen molar-refractivity contribution in [3.63, 3.8) is 0 Å². The highest BCUT2D eigenvalue weighted by Gasteiger charge is 2.08. The van der Waals surface area contributed by atoms with E-state index in [1.807, 2.05) is 0 Å². The fourth-order valence-corrected chi connectivity index (χ4v) is 1.26. The van der Waals surface area contributed by atoms with Crippen molar-refractivity contribution in [1.82, 2.24) is 5.32 Å². The Morgan fingerprint density at radius 1 is 1.47 bits per heavy atom. The van der Waals surface area contributed by atoms with Crippen LogP contribution in [0.4, 0.5) is 0 Å². The van der Waals surface area contributed by atoms with Crippen LogP contribution in [-0.2, 0) is 16.1 Å². The second-order valence-corrected chi connectivity index (χ2v) is 3.43. The van der Waals surface area contributed by atoms with E-state index in [0.717, 1.165) is 0 Å². The van der Waals surface area contributed by atoms with Crippen molar-refractivity contribution in [3.8, 4) is 0 Å². The Bertz CT molecular complexity index is 385. The van der Waals surface area contributed by atoms with Gasteiger partial charge in [0.15, 0.2) is 0 Å². The first-order valence-electron chi connectivity index (χ1n) is 5.23. The second-order valence-electron chi connectivity index (χ2n) is 3.43. The average molecular weight is 241 g/mol. The van der Waals surface area contributed by atoms with E-state index in [2.05, 4.69) is 10.1 Å². The Hall–Kier alpha value is -1.82. The number of esters is 1. The van der Waals surface area contributed by atoms with Gasteiger partial charge in [-0.25, -0.2) is 4.79 Å². The molecule has 0 fully saturated rings. The molecule has 0 amide bonds. The minimum absolute atomic E-state index is 0.0728. The van der Waals surface area contributed by atoms with Gasteiger partial charge in [0, 0.05) is 6.42 Å². The van der Waals surface area contributed by atoms with Gasteiger partial charge in [-0.1, -0.05) is 0 Å². The lowest BCUT2D eigenvalue weighted by molar-refractivity contribution is -0.140. The normalized spacial score (nSPS) is 10.2. The molecule has 1 aromatic rings. The van der Waals surface area contributed by atoms with E-state index in [9.17, 15) is 9.59 Å².